The Morgan fingerprint density at radius 2 is 1.92 bits per heavy atom. The van der Waals surface area contributed by atoms with E-state index in [0.717, 1.165) is 6.42 Å². The van der Waals surface area contributed by atoms with Crippen LogP contribution in [0.25, 0.3) is 0 Å². The van der Waals surface area contributed by atoms with Crippen LogP contribution in [0.15, 0.2) is 11.8 Å². The van der Waals surface area contributed by atoms with Crippen molar-refractivity contribution in [1.82, 2.24) is 9.80 Å². The van der Waals surface area contributed by atoms with Crippen molar-refractivity contribution in [3.05, 3.63) is 11.8 Å². The second kappa shape index (κ2) is 9.77. The van der Waals surface area contributed by atoms with Gasteiger partial charge in [0.2, 0.25) is 5.91 Å². The van der Waals surface area contributed by atoms with Gasteiger partial charge in [0, 0.05) is 19.2 Å². The van der Waals surface area contributed by atoms with Crippen molar-refractivity contribution in [1.29, 1.82) is 0 Å². The number of piperazine rings is 1. The third kappa shape index (κ3) is 5.86. The van der Waals surface area contributed by atoms with Crippen molar-refractivity contribution in [2.45, 2.75) is 32.5 Å². The highest BCUT2D eigenvalue weighted by Gasteiger charge is 2.37. The van der Waals surface area contributed by atoms with Crippen molar-refractivity contribution in [3.63, 3.8) is 0 Å². The van der Waals surface area contributed by atoms with E-state index < -0.39 is 5.97 Å². The molecule has 2 saturated heterocycles. The minimum atomic E-state index is -0.715. The van der Waals surface area contributed by atoms with Crippen LogP contribution in [0.2, 0.25) is 0 Å². The fourth-order valence-corrected chi connectivity index (χ4v) is 2.49. The van der Waals surface area contributed by atoms with Gasteiger partial charge in [-0.3, -0.25) is 14.4 Å². The molecule has 2 aliphatic heterocycles. The SMILES string of the molecule is COC(=O)/C(C=O)=C/N1CC(=O)N2C(C1)OCC[C@H]2C.COC(C)=O. The predicted molar refractivity (Wildman–Crippen MR) is 86.1 cm³/mol. The first-order valence-electron chi connectivity index (χ1n) is 7.80. The monoisotopic (exact) mass is 356 g/mol. The first-order valence-corrected chi connectivity index (χ1v) is 7.80. The second-order valence-corrected chi connectivity index (χ2v) is 5.58. The van der Waals surface area contributed by atoms with Gasteiger partial charge in [0.05, 0.1) is 33.9 Å². The van der Waals surface area contributed by atoms with E-state index in [0.29, 0.717) is 19.4 Å². The first kappa shape index (κ1) is 20.6. The van der Waals surface area contributed by atoms with Gasteiger partial charge in [-0.25, -0.2) is 4.79 Å². The molecule has 0 aromatic rings. The van der Waals surface area contributed by atoms with Crippen molar-refractivity contribution < 1.29 is 33.4 Å². The van der Waals surface area contributed by atoms with E-state index >= 15 is 0 Å². The van der Waals surface area contributed by atoms with Gasteiger partial charge in [-0.2, -0.15) is 0 Å². The Labute approximate surface area is 146 Å². The molecule has 2 heterocycles. The second-order valence-electron chi connectivity index (χ2n) is 5.58. The quantitative estimate of drug-likeness (QED) is 0.223. The molecule has 2 aliphatic rings. The Balaban J connectivity index is 0.000000550. The number of esters is 2. The summed E-state index contributed by atoms with van der Waals surface area (Å²) in [4.78, 5) is 47.3. The lowest BCUT2D eigenvalue weighted by atomic mass is 10.1. The highest BCUT2D eigenvalue weighted by molar-refractivity contribution is 6.07. The lowest BCUT2D eigenvalue weighted by Crippen LogP contribution is -2.61. The Bertz CT molecular complexity index is 547. The van der Waals surface area contributed by atoms with Crippen LogP contribution in [0, 0.1) is 0 Å². The van der Waals surface area contributed by atoms with E-state index in [1.807, 2.05) is 6.92 Å². The topological polar surface area (TPSA) is 102 Å². The molecule has 2 fully saturated rings. The fourth-order valence-electron chi connectivity index (χ4n) is 2.49. The van der Waals surface area contributed by atoms with Gasteiger partial charge in [-0.15, -0.1) is 0 Å². The smallest absolute Gasteiger partial charge is 0.342 e. The number of ether oxygens (including phenoxy) is 3. The van der Waals surface area contributed by atoms with Gasteiger partial charge in [-0.1, -0.05) is 0 Å². The molecule has 0 radical (unpaired) electrons. The standard InChI is InChI=1S/C13H18N2O5.C3H6O2/c1-9-3-4-20-12-7-14(6-11(17)15(9)12)5-10(8-16)13(18)19-2;1-3(4)5-2/h5,8-9,12H,3-4,6-7H2,1-2H3;1-2H3/b10-5+;/t9-,12?;/m1./s1. The molecular weight excluding hydrogens is 332 g/mol. The number of amides is 1. The highest BCUT2D eigenvalue weighted by Crippen LogP contribution is 2.22. The maximum absolute atomic E-state index is 12.1. The highest BCUT2D eigenvalue weighted by atomic mass is 16.5. The molecule has 0 bridgehead atoms. The van der Waals surface area contributed by atoms with Gasteiger partial charge < -0.3 is 24.0 Å². The summed E-state index contributed by atoms with van der Waals surface area (Å²) < 4.78 is 14.2. The summed E-state index contributed by atoms with van der Waals surface area (Å²) in [5.74, 6) is -1.03. The van der Waals surface area contributed by atoms with Crippen molar-refractivity contribution in [2.24, 2.45) is 0 Å². The van der Waals surface area contributed by atoms with Crippen LogP contribution >= 0.6 is 0 Å². The van der Waals surface area contributed by atoms with Crippen LogP contribution in [0.1, 0.15) is 20.3 Å². The van der Waals surface area contributed by atoms with Gasteiger partial charge in [-0.05, 0) is 13.3 Å². The zero-order valence-electron chi connectivity index (χ0n) is 14.9. The van der Waals surface area contributed by atoms with Crippen molar-refractivity contribution in [2.75, 3.05) is 33.9 Å². The Hall–Kier alpha value is -2.42. The van der Waals surface area contributed by atoms with Crippen molar-refractivity contribution in [3.8, 4) is 0 Å². The summed E-state index contributed by atoms with van der Waals surface area (Å²) in [5.41, 5.74) is -0.113. The molecule has 140 valence electrons. The zero-order chi connectivity index (χ0) is 19.0. The summed E-state index contributed by atoms with van der Waals surface area (Å²) >= 11 is 0. The number of carbonyl (C=O) groups is 4. The first-order chi connectivity index (χ1) is 11.8. The van der Waals surface area contributed by atoms with Crippen LogP contribution in [0.3, 0.4) is 0 Å². The van der Waals surface area contributed by atoms with Crippen LogP contribution in [-0.2, 0) is 33.4 Å². The summed E-state index contributed by atoms with van der Waals surface area (Å²) in [6, 6.07) is 0.151. The van der Waals surface area contributed by atoms with Crippen molar-refractivity contribution >= 4 is 24.1 Å². The molecule has 1 unspecified atom stereocenters. The van der Waals surface area contributed by atoms with E-state index in [2.05, 4.69) is 9.47 Å². The van der Waals surface area contributed by atoms with E-state index in [1.54, 1.807) is 9.80 Å². The molecular formula is C16H24N2O7. The zero-order valence-corrected chi connectivity index (χ0v) is 14.9. The Morgan fingerprint density at radius 3 is 2.44 bits per heavy atom. The molecule has 2 atom stereocenters. The van der Waals surface area contributed by atoms with Gasteiger partial charge in [0.15, 0.2) is 6.29 Å². The number of nitrogens with zero attached hydrogens (tertiary/aromatic N) is 2. The number of aldehydes is 1. The predicted octanol–water partition coefficient (Wildman–Crippen LogP) is -0.299. The van der Waals surface area contributed by atoms with Crippen LogP contribution in [0.4, 0.5) is 0 Å². The number of rotatable bonds is 3. The third-order valence-corrected chi connectivity index (χ3v) is 3.81. The lowest BCUT2D eigenvalue weighted by molar-refractivity contribution is -0.176. The van der Waals surface area contributed by atoms with E-state index in [1.165, 1.54) is 27.3 Å². The van der Waals surface area contributed by atoms with Crippen LogP contribution < -0.4 is 0 Å². The van der Waals surface area contributed by atoms with Gasteiger partial charge in [0.25, 0.3) is 0 Å². The minimum absolute atomic E-state index is 0.0696. The molecule has 0 saturated carbocycles. The van der Waals surface area contributed by atoms with E-state index in [9.17, 15) is 19.2 Å². The minimum Gasteiger partial charge on any atom is -0.469 e. The Kier molecular flexibility index (Phi) is 8.06. The number of hydrogen-bond acceptors (Lipinski definition) is 8. The summed E-state index contributed by atoms with van der Waals surface area (Å²) in [5, 5.41) is 0. The number of fused-ring (bicyclic) bond motifs is 1. The van der Waals surface area contributed by atoms with E-state index in [4.69, 9.17) is 4.74 Å². The average Bonchev–Trinajstić information content (AvgIpc) is 2.59. The summed E-state index contributed by atoms with van der Waals surface area (Å²) in [6.45, 7) is 4.51. The Morgan fingerprint density at radius 1 is 1.28 bits per heavy atom. The van der Waals surface area contributed by atoms with E-state index in [-0.39, 0.29) is 36.3 Å². The molecule has 0 aromatic carbocycles. The molecule has 0 spiro atoms. The molecule has 9 heteroatoms. The molecule has 0 aliphatic carbocycles. The molecule has 2 rings (SSSR count). The molecule has 25 heavy (non-hydrogen) atoms. The number of hydrogen-bond donors (Lipinski definition) is 0. The fraction of sp³-hybridized carbons (Fsp3) is 0.625. The third-order valence-electron chi connectivity index (χ3n) is 3.81. The maximum Gasteiger partial charge on any atom is 0.342 e. The largest absolute Gasteiger partial charge is 0.469 e. The molecule has 1 amide bonds. The summed E-state index contributed by atoms with van der Waals surface area (Å²) in [7, 11) is 2.55. The lowest BCUT2D eigenvalue weighted by Gasteiger charge is -2.46. The van der Waals surface area contributed by atoms with Gasteiger partial charge in [0.1, 0.15) is 11.8 Å². The molecule has 9 nitrogen and oxygen atoms in total. The maximum atomic E-state index is 12.1. The average molecular weight is 356 g/mol. The molecule has 0 N–H and O–H groups in total. The van der Waals surface area contributed by atoms with Crippen LogP contribution in [0.5, 0.6) is 0 Å². The normalized spacial score (nSPS) is 23.0. The van der Waals surface area contributed by atoms with Crippen LogP contribution in [-0.4, -0.2) is 80.1 Å². The summed E-state index contributed by atoms with van der Waals surface area (Å²) in [6.07, 6.45) is 2.27. The molecule has 0 aromatic heterocycles. The van der Waals surface area contributed by atoms with Gasteiger partial charge >= 0.3 is 11.9 Å². The number of carbonyl (C=O) groups excluding carboxylic acids is 4. The number of methoxy groups -OCH3 is 2.